The highest BCUT2D eigenvalue weighted by Crippen LogP contribution is 2.10. The molecule has 2 N–H and O–H groups in total. The minimum absolute atomic E-state index is 0.0337. The number of rotatable bonds is 6. The van der Waals surface area contributed by atoms with Crippen LogP contribution in [0.5, 0.6) is 0 Å². The van der Waals surface area contributed by atoms with Gasteiger partial charge in [0, 0.05) is 17.6 Å². The van der Waals surface area contributed by atoms with Crippen LogP contribution in [0.15, 0.2) is 24.3 Å². The van der Waals surface area contributed by atoms with Crippen LogP contribution >= 0.6 is 11.6 Å². The highest BCUT2D eigenvalue weighted by molar-refractivity contribution is 6.30. The van der Waals surface area contributed by atoms with Crippen LogP contribution in [0.2, 0.25) is 5.02 Å². The molecule has 0 fully saturated rings. The average Bonchev–Trinajstić information content (AvgIpc) is 2.35. The minimum atomic E-state index is -0.210. The van der Waals surface area contributed by atoms with Crippen LogP contribution in [-0.2, 0) is 11.3 Å². The summed E-state index contributed by atoms with van der Waals surface area (Å²) >= 11 is 5.90. The summed E-state index contributed by atoms with van der Waals surface area (Å²) in [7, 11) is 0. The molecule has 0 aromatic heterocycles. The number of benzene rings is 1. The maximum absolute atomic E-state index is 11.8. The van der Waals surface area contributed by atoms with E-state index in [1.807, 2.05) is 38.1 Å². The van der Waals surface area contributed by atoms with E-state index in [0.29, 0.717) is 11.6 Å². The first-order chi connectivity index (χ1) is 8.52. The van der Waals surface area contributed by atoms with Crippen molar-refractivity contribution < 1.29 is 4.79 Å². The summed E-state index contributed by atoms with van der Waals surface area (Å²) in [5.74, 6) is 0.0337. The molecule has 0 bridgehead atoms. The van der Waals surface area contributed by atoms with Crippen molar-refractivity contribution in [3.05, 3.63) is 34.9 Å². The highest BCUT2D eigenvalue weighted by atomic mass is 35.5. The van der Waals surface area contributed by atoms with Gasteiger partial charge < -0.3 is 10.6 Å². The Morgan fingerprint density at radius 1 is 1.39 bits per heavy atom. The van der Waals surface area contributed by atoms with Crippen molar-refractivity contribution in [3.8, 4) is 0 Å². The highest BCUT2D eigenvalue weighted by Gasteiger charge is 2.13. The monoisotopic (exact) mass is 268 g/mol. The lowest BCUT2D eigenvalue weighted by molar-refractivity contribution is -0.123. The van der Waals surface area contributed by atoms with Gasteiger partial charge in [0.15, 0.2) is 0 Å². The van der Waals surface area contributed by atoms with E-state index in [1.165, 1.54) is 0 Å². The third-order valence-corrected chi connectivity index (χ3v) is 3.13. The molecular formula is C14H21ClN2O. The Morgan fingerprint density at radius 3 is 2.72 bits per heavy atom. The summed E-state index contributed by atoms with van der Waals surface area (Å²) < 4.78 is 0. The van der Waals surface area contributed by atoms with Crippen LogP contribution in [0.1, 0.15) is 32.8 Å². The molecule has 1 rings (SSSR count). The summed E-state index contributed by atoms with van der Waals surface area (Å²) in [5.41, 5.74) is 1.07. The van der Waals surface area contributed by atoms with E-state index in [4.69, 9.17) is 11.6 Å². The molecule has 0 saturated heterocycles. The van der Waals surface area contributed by atoms with Gasteiger partial charge in [0.2, 0.25) is 5.91 Å². The summed E-state index contributed by atoms with van der Waals surface area (Å²) in [6.07, 6.45) is 0.937. The van der Waals surface area contributed by atoms with E-state index in [1.54, 1.807) is 0 Å². The molecular weight excluding hydrogens is 248 g/mol. The average molecular weight is 269 g/mol. The third kappa shape index (κ3) is 5.07. The number of nitrogens with one attached hydrogen (secondary N) is 2. The van der Waals surface area contributed by atoms with E-state index in [0.717, 1.165) is 12.0 Å². The van der Waals surface area contributed by atoms with Gasteiger partial charge in [-0.05, 0) is 38.0 Å². The summed E-state index contributed by atoms with van der Waals surface area (Å²) in [5, 5.41) is 6.85. The molecule has 3 nitrogen and oxygen atoms in total. The van der Waals surface area contributed by atoms with Crippen molar-refractivity contribution in [2.75, 3.05) is 0 Å². The number of halogens is 1. The lowest BCUT2D eigenvalue weighted by Gasteiger charge is -2.17. The number of amides is 1. The zero-order chi connectivity index (χ0) is 13.5. The second kappa shape index (κ2) is 7.39. The van der Waals surface area contributed by atoms with Gasteiger partial charge in [-0.3, -0.25) is 4.79 Å². The fourth-order valence-corrected chi connectivity index (χ4v) is 1.69. The molecule has 1 aromatic carbocycles. The van der Waals surface area contributed by atoms with Crippen molar-refractivity contribution >= 4 is 17.5 Å². The van der Waals surface area contributed by atoms with Gasteiger partial charge in [-0.1, -0.05) is 30.7 Å². The van der Waals surface area contributed by atoms with Gasteiger partial charge in [0.1, 0.15) is 0 Å². The summed E-state index contributed by atoms with van der Waals surface area (Å²) in [6.45, 7) is 6.55. The summed E-state index contributed by atoms with van der Waals surface area (Å²) in [4.78, 5) is 11.8. The molecule has 0 aliphatic heterocycles. The van der Waals surface area contributed by atoms with Crippen LogP contribution < -0.4 is 10.6 Å². The molecule has 1 aromatic rings. The van der Waals surface area contributed by atoms with E-state index in [-0.39, 0.29) is 18.0 Å². The standard InChI is InChI=1S/C14H21ClN2O/c1-4-10(2)17-14(18)11(3)16-9-12-6-5-7-13(15)8-12/h5-8,10-11,16H,4,9H2,1-3H3,(H,17,18). The maximum Gasteiger partial charge on any atom is 0.237 e. The lowest BCUT2D eigenvalue weighted by Crippen LogP contribution is -2.45. The van der Waals surface area contributed by atoms with Crippen LogP contribution in [0.3, 0.4) is 0 Å². The topological polar surface area (TPSA) is 41.1 Å². The number of hydrogen-bond acceptors (Lipinski definition) is 2. The number of carbonyl (C=O) groups excluding carboxylic acids is 1. The van der Waals surface area contributed by atoms with Gasteiger partial charge in [-0.25, -0.2) is 0 Å². The zero-order valence-electron chi connectivity index (χ0n) is 11.2. The maximum atomic E-state index is 11.8. The molecule has 0 heterocycles. The Balaban J connectivity index is 2.41. The molecule has 0 radical (unpaired) electrons. The Labute approximate surface area is 114 Å². The van der Waals surface area contributed by atoms with E-state index in [9.17, 15) is 4.79 Å². The second-order valence-corrected chi connectivity index (χ2v) is 4.99. The van der Waals surface area contributed by atoms with Crippen molar-refractivity contribution in [2.24, 2.45) is 0 Å². The third-order valence-electron chi connectivity index (χ3n) is 2.90. The molecule has 0 aliphatic rings. The second-order valence-electron chi connectivity index (χ2n) is 4.55. The SMILES string of the molecule is CCC(C)NC(=O)C(C)NCc1cccc(Cl)c1. The number of carbonyl (C=O) groups is 1. The molecule has 2 atom stereocenters. The molecule has 2 unspecified atom stereocenters. The first-order valence-corrected chi connectivity index (χ1v) is 6.69. The molecule has 0 aliphatic carbocycles. The smallest absolute Gasteiger partial charge is 0.237 e. The van der Waals surface area contributed by atoms with Crippen LogP contribution in [0.4, 0.5) is 0 Å². The van der Waals surface area contributed by atoms with Gasteiger partial charge in [0.05, 0.1) is 6.04 Å². The quantitative estimate of drug-likeness (QED) is 0.833. The molecule has 100 valence electrons. The predicted molar refractivity (Wildman–Crippen MR) is 75.6 cm³/mol. The molecule has 0 spiro atoms. The molecule has 4 heteroatoms. The van der Waals surface area contributed by atoms with Crippen molar-refractivity contribution in [2.45, 2.75) is 45.8 Å². The molecule has 18 heavy (non-hydrogen) atoms. The van der Waals surface area contributed by atoms with Gasteiger partial charge in [-0.2, -0.15) is 0 Å². The normalized spacial score (nSPS) is 14.0. The largest absolute Gasteiger partial charge is 0.352 e. The Bertz CT molecular complexity index is 395. The van der Waals surface area contributed by atoms with Gasteiger partial charge >= 0.3 is 0 Å². The Hall–Kier alpha value is -1.06. The summed E-state index contributed by atoms with van der Waals surface area (Å²) in [6, 6.07) is 7.63. The predicted octanol–water partition coefficient (Wildman–Crippen LogP) is 2.73. The van der Waals surface area contributed by atoms with Crippen LogP contribution in [0.25, 0.3) is 0 Å². The van der Waals surface area contributed by atoms with Crippen molar-refractivity contribution in [1.82, 2.24) is 10.6 Å². The Kier molecular flexibility index (Phi) is 6.16. The van der Waals surface area contributed by atoms with Crippen LogP contribution in [-0.4, -0.2) is 18.0 Å². The fourth-order valence-electron chi connectivity index (χ4n) is 1.48. The van der Waals surface area contributed by atoms with E-state index >= 15 is 0 Å². The van der Waals surface area contributed by atoms with Gasteiger partial charge in [0.25, 0.3) is 0 Å². The zero-order valence-corrected chi connectivity index (χ0v) is 11.9. The van der Waals surface area contributed by atoms with Crippen molar-refractivity contribution in [1.29, 1.82) is 0 Å². The first kappa shape index (κ1) is 15.0. The van der Waals surface area contributed by atoms with E-state index in [2.05, 4.69) is 17.6 Å². The Morgan fingerprint density at radius 2 is 2.11 bits per heavy atom. The lowest BCUT2D eigenvalue weighted by atomic mass is 10.2. The first-order valence-electron chi connectivity index (χ1n) is 6.31. The van der Waals surface area contributed by atoms with Gasteiger partial charge in [-0.15, -0.1) is 0 Å². The van der Waals surface area contributed by atoms with E-state index < -0.39 is 0 Å². The molecule has 0 saturated carbocycles. The van der Waals surface area contributed by atoms with Crippen molar-refractivity contribution in [3.63, 3.8) is 0 Å². The minimum Gasteiger partial charge on any atom is -0.352 e. The number of hydrogen-bond donors (Lipinski definition) is 2. The fraction of sp³-hybridized carbons (Fsp3) is 0.500. The molecule has 1 amide bonds. The van der Waals surface area contributed by atoms with Crippen LogP contribution in [0, 0.1) is 0 Å².